The second-order valence-corrected chi connectivity index (χ2v) is 7.02. The summed E-state index contributed by atoms with van der Waals surface area (Å²) in [6.45, 7) is 0. The number of benzene rings is 2. The summed E-state index contributed by atoms with van der Waals surface area (Å²) in [6, 6.07) is 13.0. The molecule has 20 heavy (non-hydrogen) atoms. The number of hydrogen-bond acceptors (Lipinski definition) is 2. The van der Waals surface area contributed by atoms with E-state index in [2.05, 4.69) is 20.9 Å². The van der Waals surface area contributed by atoms with Gasteiger partial charge in [-0.1, -0.05) is 51.8 Å². The number of para-hydroxylation sites is 1. The number of fused-ring (bicyclic) bond motifs is 1. The van der Waals surface area contributed by atoms with E-state index in [-0.39, 0.29) is 15.7 Å². The lowest BCUT2D eigenvalue weighted by molar-refractivity contribution is 0.608. The quantitative estimate of drug-likeness (QED) is 0.533. The molecule has 0 fully saturated rings. The van der Waals surface area contributed by atoms with Gasteiger partial charge in [-0.2, -0.15) is 0 Å². The van der Waals surface area contributed by atoms with E-state index in [1.165, 1.54) is 0 Å². The van der Waals surface area contributed by atoms with Crippen LogP contribution in [-0.2, 0) is 6.42 Å². The van der Waals surface area contributed by atoms with Gasteiger partial charge in [0.2, 0.25) is 0 Å². The molecule has 0 aliphatic heterocycles. The van der Waals surface area contributed by atoms with Crippen LogP contribution in [0.2, 0.25) is 5.02 Å². The van der Waals surface area contributed by atoms with Crippen molar-refractivity contribution in [2.24, 2.45) is 0 Å². The fourth-order valence-electron chi connectivity index (χ4n) is 2.03. The van der Waals surface area contributed by atoms with Crippen LogP contribution in [0.5, 0.6) is 0 Å². The van der Waals surface area contributed by atoms with E-state index in [9.17, 15) is 4.39 Å². The summed E-state index contributed by atoms with van der Waals surface area (Å²) in [5.41, 5.74) is 1.55. The SMILES string of the molecule is Fc1c(Cl)cccc1C(Br)Cc1nc2ccccc2s1. The third kappa shape index (κ3) is 2.73. The Balaban J connectivity index is 1.88. The van der Waals surface area contributed by atoms with Gasteiger partial charge < -0.3 is 0 Å². The van der Waals surface area contributed by atoms with Crippen LogP contribution in [0.3, 0.4) is 0 Å². The molecule has 1 heterocycles. The first-order chi connectivity index (χ1) is 9.65. The minimum absolute atomic E-state index is 0.137. The lowest BCUT2D eigenvalue weighted by Gasteiger charge is -2.10. The molecule has 102 valence electrons. The van der Waals surface area contributed by atoms with Crippen LogP contribution in [0.4, 0.5) is 4.39 Å². The van der Waals surface area contributed by atoms with Crippen molar-refractivity contribution < 1.29 is 4.39 Å². The largest absolute Gasteiger partial charge is 0.241 e. The summed E-state index contributed by atoms with van der Waals surface area (Å²) in [7, 11) is 0. The third-order valence-electron chi connectivity index (χ3n) is 3.01. The molecule has 3 aromatic rings. The first-order valence-corrected chi connectivity index (χ1v) is 8.18. The molecule has 1 nitrogen and oxygen atoms in total. The lowest BCUT2D eigenvalue weighted by atomic mass is 10.1. The van der Waals surface area contributed by atoms with Crippen molar-refractivity contribution in [2.75, 3.05) is 0 Å². The summed E-state index contributed by atoms with van der Waals surface area (Å²) >= 11 is 11.0. The van der Waals surface area contributed by atoms with Crippen LogP contribution in [0, 0.1) is 5.82 Å². The zero-order chi connectivity index (χ0) is 14.1. The van der Waals surface area contributed by atoms with Gasteiger partial charge in [0.25, 0.3) is 0 Å². The maximum absolute atomic E-state index is 14.0. The maximum Gasteiger partial charge on any atom is 0.146 e. The standard InChI is InChI=1S/C15H10BrClFNS/c16-10(9-4-3-5-11(17)15(9)18)8-14-19-12-6-1-2-7-13(12)20-14/h1-7,10H,8H2. The molecule has 0 spiro atoms. The Morgan fingerprint density at radius 2 is 2.00 bits per heavy atom. The number of nitrogens with zero attached hydrogens (tertiary/aromatic N) is 1. The van der Waals surface area contributed by atoms with Crippen molar-refractivity contribution in [3.05, 3.63) is 63.9 Å². The number of thiazole rings is 1. The molecule has 0 saturated heterocycles. The minimum Gasteiger partial charge on any atom is -0.241 e. The van der Waals surface area contributed by atoms with Gasteiger partial charge >= 0.3 is 0 Å². The minimum atomic E-state index is -0.364. The first-order valence-electron chi connectivity index (χ1n) is 6.07. The molecule has 2 aromatic carbocycles. The molecule has 0 amide bonds. The molecule has 0 aliphatic carbocycles. The van der Waals surface area contributed by atoms with Crippen molar-refractivity contribution in [1.82, 2.24) is 4.98 Å². The number of aromatic nitrogens is 1. The van der Waals surface area contributed by atoms with E-state index >= 15 is 0 Å². The van der Waals surface area contributed by atoms with Crippen molar-refractivity contribution in [2.45, 2.75) is 11.2 Å². The number of halogens is 3. The van der Waals surface area contributed by atoms with Gasteiger partial charge in [-0.05, 0) is 18.2 Å². The van der Waals surface area contributed by atoms with Crippen LogP contribution in [-0.4, -0.2) is 4.98 Å². The Kier molecular flexibility index (Phi) is 4.06. The Morgan fingerprint density at radius 1 is 1.20 bits per heavy atom. The van der Waals surface area contributed by atoms with Crippen molar-refractivity contribution in [3.8, 4) is 0 Å². The highest BCUT2D eigenvalue weighted by molar-refractivity contribution is 9.09. The molecule has 3 rings (SSSR count). The van der Waals surface area contributed by atoms with Crippen LogP contribution in [0.15, 0.2) is 42.5 Å². The second kappa shape index (κ2) is 5.80. The van der Waals surface area contributed by atoms with Crippen molar-refractivity contribution >= 4 is 49.1 Å². The molecule has 1 aromatic heterocycles. The summed E-state index contributed by atoms with van der Waals surface area (Å²) in [5, 5.41) is 1.13. The highest BCUT2D eigenvalue weighted by Gasteiger charge is 2.17. The molecule has 0 radical (unpaired) electrons. The van der Waals surface area contributed by atoms with Gasteiger partial charge in [0.1, 0.15) is 5.82 Å². The van der Waals surface area contributed by atoms with Gasteiger partial charge in [-0.3, -0.25) is 0 Å². The lowest BCUT2D eigenvalue weighted by Crippen LogP contribution is -1.98. The normalized spacial score (nSPS) is 12.8. The van der Waals surface area contributed by atoms with Crippen LogP contribution in [0.25, 0.3) is 10.2 Å². The van der Waals surface area contributed by atoms with E-state index in [0.29, 0.717) is 12.0 Å². The molecule has 0 N–H and O–H groups in total. The smallest absolute Gasteiger partial charge is 0.146 e. The zero-order valence-corrected chi connectivity index (χ0v) is 13.5. The highest BCUT2D eigenvalue weighted by atomic mass is 79.9. The predicted octanol–water partition coefficient (Wildman–Crippen LogP) is 5.77. The zero-order valence-electron chi connectivity index (χ0n) is 10.3. The Hall–Kier alpha value is -0.970. The van der Waals surface area contributed by atoms with E-state index in [1.807, 2.05) is 24.3 Å². The molecule has 0 aliphatic rings. The molecular formula is C15H10BrClFNS. The van der Waals surface area contributed by atoms with Gasteiger partial charge in [0, 0.05) is 16.8 Å². The molecule has 1 unspecified atom stereocenters. The summed E-state index contributed by atoms with van der Waals surface area (Å²) < 4.78 is 15.1. The van der Waals surface area contributed by atoms with Gasteiger partial charge in [-0.25, -0.2) is 9.37 Å². The fraction of sp³-hybridized carbons (Fsp3) is 0.133. The topological polar surface area (TPSA) is 12.9 Å². The third-order valence-corrected chi connectivity index (χ3v) is 5.18. The Morgan fingerprint density at radius 3 is 2.80 bits per heavy atom. The molecule has 0 bridgehead atoms. The van der Waals surface area contributed by atoms with Gasteiger partial charge in [0.15, 0.2) is 0 Å². The van der Waals surface area contributed by atoms with E-state index in [4.69, 9.17) is 11.6 Å². The summed E-state index contributed by atoms with van der Waals surface area (Å²) in [5.74, 6) is -0.364. The second-order valence-electron chi connectivity index (χ2n) is 4.39. The van der Waals surface area contributed by atoms with Crippen LogP contribution < -0.4 is 0 Å². The average molecular weight is 371 g/mol. The van der Waals surface area contributed by atoms with Crippen molar-refractivity contribution in [3.63, 3.8) is 0 Å². The van der Waals surface area contributed by atoms with Crippen LogP contribution >= 0.6 is 38.9 Å². The average Bonchev–Trinajstić information content (AvgIpc) is 2.83. The summed E-state index contributed by atoms with van der Waals surface area (Å²) in [6.07, 6.45) is 0.636. The van der Waals surface area contributed by atoms with Gasteiger partial charge in [-0.15, -0.1) is 11.3 Å². The Labute approximate surface area is 133 Å². The predicted molar refractivity (Wildman–Crippen MR) is 86.4 cm³/mol. The molecular weight excluding hydrogens is 361 g/mol. The first kappa shape index (κ1) is 14.0. The fourth-order valence-corrected chi connectivity index (χ4v) is 4.10. The van der Waals surface area contributed by atoms with Crippen LogP contribution in [0.1, 0.15) is 15.4 Å². The Bertz CT molecular complexity index is 725. The van der Waals surface area contributed by atoms with Crippen molar-refractivity contribution in [1.29, 1.82) is 0 Å². The van der Waals surface area contributed by atoms with E-state index in [1.54, 1.807) is 29.5 Å². The summed E-state index contributed by atoms with van der Waals surface area (Å²) in [4.78, 5) is 4.43. The monoisotopic (exact) mass is 369 g/mol. The van der Waals surface area contributed by atoms with E-state index < -0.39 is 0 Å². The maximum atomic E-state index is 14.0. The van der Waals surface area contributed by atoms with Gasteiger partial charge in [0.05, 0.1) is 20.2 Å². The molecule has 1 atom stereocenters. The number of hydrogen-bond donors (Lipinski definition) is 0. The molecule has 0 saturated carbocycles. The van der Waals surface area contributed by atoms with E-state index in [0.717, 1.165) is 15.2 Å². The number of rotatable bonds is 3. The highest BCUT2D eigenvalue weighted by Crippen LogP contribution is 2.33. The number of alkyl halides is 1. The molecule has 5 heteroatoms.